The van der Waals surface area contributed by atoms with E-state index in [0.29, 0.717) is 5.15 Å². The van der Waals surface area contributed by atoms with Gasteiger partial charge >= 0.3 is 0 Å². The number of halogens is 1. The molecule has 0 amide bonds. The zero-order valence-corrected chi connectivity index (χ0v) is 10.9. The minimum absolute atomic E-state index is 0.589. The summed E-state index contributed by atoms with van der Waals surface area (Å²) in [6.45, 7) is 4.23. The molecule has 0 N–H and O–H groups in total. The minimum atomic E-state index is 0.589. The first-order valence-corrected chi connectivity index (χ1v) is 6.31. The summed E-state index contributed by atoms with van der Waals surface area (Å²) in [6.07, 6.45) is 6.55. The molecule has 2 aromatic rings. The largest absolute Gasteiger partial charge is 0.300 e. The van der Waals surface area contributed by atoms with E-state index in [4.69, 9.17) is 11.6 Å². The summed E-state index contributed by atoms with van der Waals surface area (Å²) >= 11 is 6.08. The van der Waals surface area contributed by atoms with E-state index in [2.05, 4.69) is 29.9 Å². The van der Waals surface area contributed by atoms with Crippen molar-refractivity contribution in [3.63, 3.8) is 0 Å². The van der Waals surface area contributed by atoms with Crippen LogP contribution in [-0.2, 0) is 12.8 Å². The molecule has 4 heteroatoms. The topological polar surface area (TPSA) is 30.7 Å². The Balaban J connectivity index is 2.38. The van der Waals surface area contributed by atoms with Crippen LogP contribution < -0.4 is 0 Å². The molecule has 0 unspecified atom stereocenters. The number of nitrogens with zero attached hydrogens (tertiary/aromatic N) is 3. The van der Waals surface area contributed by atoms with Crippen LogP contribution in [-0.4, -0.2) is 14.5 Å². The Morgan fingerprint density at radius 2 is 2.06 bits per heavy atom. The Labute approximate surface area is 106 Å². The van der Waals surface area contributed by atoms with E-state index in [1.54, 1.807) is 6.33 Å². The van der Waals surface area contributed by atoms with E-state index in [1.165, 1.54) is 0 Å². The number of rotatable bonds is 4. The van der Waals surface area contributed by atoms with E-state index in [1.807, 2.05) is 16.8 Å². The Bertz CT molecular complexity index is 488. The first kappa shape index (κ1) is 12.1. The van der Waals surface area contributed by atoms with E-state index in [0.717, 1.165) is 36.3 Å². The molecule has 0 radical (unpaired) electrons. The summed E-state index contributed by atoms with van der Waals surface area (Å²) < 4.78 is 2.01. The molecule has 0 aliphatic carbocycles. The van der Waals surface area contributed by atoms with Crippen LogP contribution in [0.15, 0.2) is 24.7 Å². The van der Waals surface area contributed by atoms with E-state index >= 15 is 0 Å². The van der Waals surface area contributed by atoms with Gasteiger partial charge in [0.1, 0.15) is 6.33 Å². The summed E-state index contributed by atoms with van der Waals surface area (Å²) in [5.74, 6) is 0. The molecule has 0 aromatic carbocycles. The molecule has 0 fully saturated rings. The maximum absolute atomic E-state index is 6.08. The van der Waals surface area contributed by atoms with Crippen molar-refractivity contribution in [1.29, 1.82) is 0 Å². The predicted molar refractivity (Wildman–Crippen MR) is 69.7 cm³/mol. The minimum Gasteiger partial charge on any atom is -0.300 e. The Hall–Kier alpha value is -1.35. The number of imidazole rings is 1. The van der Waals surface area contributed by atoms with Gasteiger partial charge in [0.25, 0.3) is 0 Å². The van der Waals surface area contributed by atoms with Crippen molar-refractivity contribution in [2.24, 2.45) is 0 Å². The van der Waals surface area contributed by atoms with Crippen LogP contribution in [0, 0.1) is 0 Å². The molecule has 2 aromatic heterocycles. The Morgan fingerprint density at radius 1 is 1.24 bits per heavy atom. The molecule has 90 valence electrons. The number of pyridine rings is 1. The average Bonchev–Trinajstić information content (AvgIpc) is 2.72. The van der Waals surface area contributed by atoms with E-state index in [9.17, 15) is 0 Å². The van der Waals surface area contributed by atoms with Crippen molar-refractivity contribution in [3.8, 4) is 5.69 Å². The highest BCUT2D eigenvalue weighted by molar-refractivity contribution is 6.30. The van der Waals surface area contributed by atoms with Crippen molar-refractivity contribution < 1.29 is 0 Å². The molecule has 2 heterocycles. The van der Waals surface area contributed by atoms with Crippen LogP contribution >= 0.6 is 11.6 Å². The third-order valence-corrected chi connectivity index (χ3v) is 3.07. The lowest BCUT2D eigenvalue weighted by atomic mass is 10.2. The van der Waals surface area contributed by atoms with Gasteiger partial charge in [-0.3, -0.25) is 4.98 Å². The number of aromatic nitrogens is 3. The van der Waals surface area contributed by atoms with E-state index < -0.39 is 0 Å². The number of hydrogen-bond donors (Lipinski definition) is 0. The van der Waals surface area contributed by atoms with Gasteiger partial charge in [0.15, 0.2) is 5.15 Å². The predicted octanol–water partition coefficient (Wildman–Crippen LogP) is 3.44. The number of aryl methyl sites for hydroxylation is 1. The van der Waals surface area contributed by atoms with Crippen LogP contribution in [0.5, 0.6) is 0 Å². The molecule has 0 aliphatic rings. The molecular weight excluding hydrogens is 234 g/mol. The highest BCUT2D eigenvalue weighted by atomic mass is 35.5. The Morgan fingerprint density at radius 3 is 2.65 bits per heavy atom. The fourth-order valence-corrected chi connectivity index (χ4v) is 2.03. The highest BCUT2D eigenvalue weighted by Crippen LogP contribution is 2.20. The molecule has 0 saturated heterocycles. The smallest absolute Gasteiger partial charge is 0.150 e. The van der Waals surface area contributed by atoms with Crippen molar-refractivity contribution >= 4 is 11.6 Å². The van der Waals surface area contributed by atoms with Gasteiger partial charge in [0.05, 0.1) is 17.6 Å². The summed E-state index contributed by atoms with van der Waals surface area (Å²) in [5, 5.41) is 0.589. The molecule has 0 bridgehead atoms. The second-order valence-electron chi connectivity index (χ2n) is 3.96. The lowest BCUT2D eigenvalue weighted by Gasteiger charge is -2.07. The van der Waals surface area contributed by atoms with Crippen LogP contribution in [0.1, 0.15) is 31.7 Å². The maximum atomic E-state index is 6.08. The Kier molecular flexibility index (Phi) is 3.79. The molecule has 0 spiro atoms. The van der Waals surface area contributed by atoms with Crippen molar-refractivity contribution in [2.75, 3.05) is 0 Å². The fourth-order valence-electron chi connectivity index (χ4n) is 1.80. The van der Waals surface area contributed by atoms with Gasteiger partial charge in [-0.1, -0.05) is 31.9 Å². The lowest BCUT2D eigenvalue weighted by molar-refractivity contribution is 0.839. The monoisotopic (exact) mass is 249 g/mol. The molecule has 0 atom stereocenters. The van der Waals surface area contributed by atoms with Crippen LogP contribution in [0.4, 0.5) is 0 Å². The van der Waals surface area contributed by atoms with Crippen LogP contribution in [0.2, 0.25) is 5.15 Å². The summed E-state index contributed by atoms with van der Waals surface area (Å²) in [7, 11) is 0. The molecule has 0 saturated carbocycles. The second kappa shape index (κ2) is 5.32. The molecular formula is C13H16ClN3. The molecule has 0 aliphatic heterocycles. The molecule has 2 rings (SSSR count). The lowest BCUT2D eigenvalue weighted by Crippen LogP contribution is -2.00. The second-order valence-corrected chi connectivity index (χ2v) is 4.32. The summed E-state index contributed by atoms with van der Waals surface area (Å²) in [6, 6.07) is 4.10. The molecule has 17 heavy (non-hydrogen) atoms. The first-order valence-electron chi connectivity index (χ1n) is 5.93. The highest BCUT2D eigenvalue weighted by Gasteiger charge is 2.09. The van der Waals surface area contributed by atoms with Gasteiger partial charge in [-0.05, 0) is 25.0 Å². The molecule has 3 nitrogen and oxygen atoms in total. The average molecular weight is 250 g/mol. The third kappa shape index (κ3) is 2.50. The van der Waals surface area contributed by atoms with Crippen molar-refractivity contribution in [3.05, 3.63) is 41.2 Å². The van der Waals surface area contributed by atoms with Gasteiger partial charge < -0.3 is 4.57 Å². The van der Waals surface area contributed by atoms with Gasteiger partial charge in [0, 0.05) is 5.69 Å². The zero-order valence-electron chi connectivity index (χ0n) is 10.2. The van der Waals surface area contributed by atoms with Crippen LogP contribution in [0.25, 0.3) is 5.69 Å². The van der Waals surface area contributed by atoms with Crippen molar-refractivity contribution in [2.45, 2.75) is 33.1 Å². The van der Waals surface area contributed by atoms with Crippen LogP contribution in [0.3, 0.4) is 0 Å². The summed E-state index contributed by atoms with van der Waals surface area (Å²) in [5.41, 5.74) is 3.17. The van der Waals surface area contributed by atoms with Gasteiger partial charge in [-0.25, -0.2) is 4.98 Å². The van der Waals surface area contributed by atoms with Gasteiger partial charge in [0.2, 0.25) is 0 Å². The quantitative estimate of drug-likeness (QED) is 0.831. The summed E-state index contributed by atoms with van der Waals surface area (Å²) in [4.78, 5) is 8.55. The van der Waals surface area contributed by atoms with Crippen molar-refractivity contribution in [1.82, 2.24) is 14.5 Å². The number of hydrogen-bond acceptors (Lipinski definition) is 2. The fraction of sp³-hybridized carbons (Fsp3) is 0.385. The first-order chi connectivity index (χ1) is 8.26. The normalized spacial score (nSPS) is 10.8. The maximum Gasteiger partial charge on any atom is 0.150 e. The van der Waals surface area contributed by atoms with E-state index in [-0.39, 0.29) is 0 Å². The van der Waals surface area contributed by atoms with Gasteiger partial charge in [-0.2, -0.15) is 0 Å². The standard InChI is InChI=1S/C13H16ClN3/c1-3-5-12-13(14)16-9-17(12)11-7-6-10(4-2)15-8-11/h6-9H,3-5H2,1-2H3. The third-order valence-electron chi connectivity index (χ3n) is 2.75. The SMILES string of the molecule is CCCc1c(Cl)ncn1-c1ccc(CC)nc1. The van der Waals surface area contributed by atoms with Gasteiger partial charge in [-0.15, -0.1) is 0 Å². The zero-order chi connectivity index (χ0) is 12.3.